The quantitative estimate of drug-likeness (QED) is 0.186. The minimum absolute atomic E-state index is 1.13. The number of benzene rings is 7. The topological polar surface area (TPSA) is 8.17 Å². The molecule has 0 fully saturated rings. The number of para-hydroxylation sites is 2. The highest BCUT2D eigenvalue weighted by molar-refractivity contribution is 7.25. The first-order valence-electron chi connectivity index (χ1n) is 16.1. The second kappa shape index (κ2) is 11.0. The van der Waals surface area contributed by atoms with Gasteiger partial charge in [-0.1, -0.05) is 91.0 Å². The van der Waals surface area contributed by atoms with Crippen molar-refractivity contribution in [3.05, 3.63) is 169 Å². The SMILES string of the molecule is Cc1cccc(C)c1-c1ccc(N(c2ccccc2)c2cccc3c2c2ccccc2n3-c2ccc3sc4ccccc4c3c2)cc1. The fraction of sp³-hybridized carbons (Fsp3) is 0.0455. The highest BCUT2D eigenvalue weighted by Gasteiger charge is 2.21. The summed E-state index contributed by atoms with van der Waals surface area (Å²) in [7, 11) is 0. The first-order valence-corrected chi connectivity index (χ1v) is 16.9. The summed E-state index contributed by atoms with van der Waals surface area (Å²) in [6, 6.07) is 57.5. The molecule has 0 radical (unpaired) electrons. The van der Waals surface area contributed by atoms with Crippen LogP contribution >= 0.6 is 11.3 Å². The van der Waals surface area contributed by atoms with Crippen molar-refractivity contribution in [3.8, 4) is 16.8 Å². The molecule has 0 aliphatic rings. The van der Waals surface area contributed by atoms with Crippen LogP contribution in [-0.2, 0) is 0 Å². The van der Waals surface area contributed by atoms with E-state index >= 15 is 0 Å². The number of hydrogen-bond donors (Lipinski definition) is 0. The van der Waals surface area contributed by atoms with Gasteiger partial charge in [0.25, 0.3) is 0 Å². The van der Waals surface area contributed by atoms with Gasteiger partial charge in [0.15, 0.2) is 0 Å². The number of hydrogen-bond acceptors (Lipinski definition) is 2. The van der Waals surface area contributed by atoms with E-state index in [2.05, 4.69) is 181 Å². The Balaban J connectivity index is 1.28. The minimum atomic E-state index is 1.13. The van der Waals surface area contributed by atoms with Gasteiger partial charge >= 0.3 is 0 Å². The van der Waals surface area contributed by atoms with Crippen molar-refractivity contribution in [1.82, 2.24) is 4.57 Å². The molecule has 0 bridgehead atoms. The van der Waals surface area contributed by atoms with E-state index in [1.807, 2.05) is 11.3 Å². The van der Waals surface area contributed by atoms with Crippen LogP contribution in [0.3, 0.4) is 0 Å². The van der Waals surface area contributed by atoms with Crippen LogP contribution in [0.4, 0.5) is 17.1 Å². The van der Waals surface area contributed by atoms with Crippen LogP contribution in [0.2, 0.25) is 0 Å². The lowest BCUT2D eigenvalue weighted by molar-refractivity contribution is 1.19. The Morgan fingerprint density at radius 1 is 0.489 bits per heavy atom. The number of anilines is 3. The summed E-state index contributed by atoms with van der Waals surface area (Å²) in [4.78, 5) is 2.41. The summed E-state index contributed by atoms with van der Waals surface area (Å²) in [6.45, 7) is 4.39. The second-order valence-electron chi connectivity index (χ2n) is 12.3. The molecule has 0 N–H and O–H groups in total. The summed E-state index contributed by atoms with van der Waals surface area (Å²) in [5.74, 6) is 0. The molecule has 0 saturated carbocycles. The molecule has 7 aromatic carbocycles. The normalized spacial score (nSPS) is 11.6. The summed E-state index contributed by atoms with van der Waals surface area (Å²) in [5.41, 5.74) is 12.1. The Labute approximate surface area is 278 Å². The zero-order chi connectivity index (χ0) is 31.5. The molecular formula is C44H32N2S. The van der Waals surface area contributed by atoms with Gasteiger partial charge in [0.1, 0.15) is 0 Å². The molecule has 0 amide bonds. The highest BCUT2D eigenvalue weighted by atomic mass is 32.1. The Hall–Kier alpha value is -5.64. The third-order valence-electron chi connectivity index (χ3n) is 9.44. The monoisotopic (exact) mass is 620 g/mol. The second-order valence-corrected chi connectivity index (χ2v) is 13.4. The molecule has 2 aromatic heterocycles. The van der Waals surface area contributed by atoms with Gasteiger partial charge < -0.3 is 9.47 Å². The molecule has 0 atom stereocenters. The van der Waals surface area contributed by atoms with E-state index in [1.165, 1.54) is 69.9 Å². The molecule has 3 heteroatoms. The van der Waals surface area contributed by atoms with Crippen LogP contribution in [0, 0.1) is 13.8 Å². The smallest absolute Gasteiger partial charge is 0.0562 e. The van der Waals surface area contributed by atoms with E-state index < -0.39 is 0 Å². The van der Waals surface area contributed by atoms with E-state index in [-0.39, 0.29) is 0 Å². The summed E-state index contributed by atoms with van der Waals surface area (Å²) in [5, 5.41) is 5.10. The summed E-state index contributed by atoms with van der Waals surface area (Å²) in [6.07, 6.45) is 0. The minimum Gasteiger partial charge on any atom is -0.310 e. The maximum Gasteiger partial charge on any atom is 0.0562 e. The molecule has 2 nitrogen and oxygen atoms in total. The molecule has 0 unspecified atom stereocenters. The van der Waals surface area contributed by atoms with E-state index in [1.54, 1.807) is 0 Å². The number of aryl methyl sites for hydroxylation is 2. The van der Waals surface area contributed by atoms with Crippen molar-refractivity contribution in [2.24, 2.45) is 0 Å². The fourth-order valence-electron chi connectivity index (χ4n) is 7.37. The molecule has 9 aromatic rings. The average Bonchev–Trinajstić information content (AvgIpc) is 3.65. The van der Waals surface area contributed by atoms with Crippen LogP contribution < -0.4 is 4.90 Å². The van der Waals surface area contributed by atoms with E-state index in [0.717, 1.165) is 17.1 Å². The van der Waals surface area contributed by atoms with Gasteiger partial charge in [-0.2, -0.15) is 0 Å². The van der Waals surface area contributed by atoms with E-state index in [9.17, 15) is 0 Å². The Morgan fingerprint density at radius 3 is 1.94 bits per heavy atom. The van der Waals surface area contributed by atoms with Gasteiger partial charge in [-0.25, -0.2) is 0 Å². The van der Waals surface area contributed by atoms with Gasteiger partial charge in [0.05, 0.1) is 16.7 Å². The van der Waals surface area contributed by atoms with Crippen molar-refractivity contribution in [2.45, 2.75) is 13.8 Å². The number of aromatic nitrogens is 1. The third kappa shape index (κ3) is 4.46. The predicted molar refractivity (Wildman–Crippen MR) is 203 cm³/mol. The molecule has 0 aliphatic heterocycles. The molecular weight excluding hydrogens is 589 g/mol. The molecule has 0 aliphatic carbocycles. The van der Waals surface area contributed by atoms with E-state index in [0.29, 0.717) is 0 Å². The highest BCUT2D eigenvalue weighted by Crippen LogP contribution is 2.45. The standard InChI is InChI=1S/C44H32N2S/c1-29-12-10-13-30(2)43(29)31-22-24-33(25-23-31)45(32-14-4-3-5-15-32)39-19-11-20-40-44(39)36-17-6-8-18-38(36)46(40)34-26-27-42-37(28-34)35-16-7-9-21-41(35)47-42/h3-28H,1-2H3. The lowest BCUT2D eigenvalue weighted by Crippen LogP contribution is -2.10. The van der Waals surface area contributed by atoms with Crippen LogP contribution in [-0.4, -0.2) is 4.57 Å². The Bertz CT molecular complexity index is 2570. The van der Waals surface area contributed by atoms with Crippen molar-refractivity contribution in [1.29, 1.82) is 0 Å². The maximum absolute atomic E-state index is 2.44. The number of rotatable bonds is 5. The maximum atomic E-state index is 2.44. The van der Waals surface area contributed by atoms with Gasteiger partial charge in [0.2, 0.25) is 0 Å². The van der Waals surface area contributed by atoms with Gasteiger partial charge in [-0.3, -0.25) is 0 Å². The lowest BCUT2D eigenvalue weighted by Gasteiger charge is -2.27. The van der Waals surface area contributed by atoms with Crippen molar-refractivity contribution in [3.63, 3.8) is 0 Å². The zero-order valence-corrected chi connectivity index (χ0v) is 27.1. The molecule has 0 saturated heterocycles. The molecule has 2 heterocycles. The number of fused-ring (bicyclic) bond motifs is 6. The van der Waals surface area contributed by atoms with Crippen LogP contribution in [0.25, 0.3) is 58.8 Å². The van der Waals surface area contributed by atoms with E-state index in [4.69, 9.17) is 0 Å². The largest absolute Gasteiger partial charge is 0.310 e. The lowest BCUT2D eigenvalue weighted by atomic mass is 9.95. The molecule has 9 rings (SSSR count). The fourth-order valence-corrected chi connectivity index (χ4v) is 8.46. The van der Waals surface area contributed by atoms with Gasteiger partial charge in [-0.05, 0) is 103 Å². The van der Waals surface area contributed by atoms with Gasteiger partial charge in [-0.15, -0.1) is 11.3 Å². The van der Waals surface area contributed by atoms with Crippen molar-refractivity contribution in [2.75, 3.05) is 4.90 Å². The first kappa shape index (κ1) is 27.7. The predicted octanol–water partition coefficient (Wildman–Crippen LogP) is 12.9. The average molecular weight is 621 g/mol. The molecule has 47 heavy (non-hydrogen) atoms. The third-order valence-corrected chi connectivity index (χ3v) is 10.6. The van der Waals surface area contributed by atoms with Crippen molar-refractivity contribution < 1.29 is 0 Å². The van der Waals surface area contributed by atoms with Crippen LogP contribution in [0.15, 0.2) is 158 Å². The van der Waals surface area contributed by atoms with Crippen molar-refractivity contribution >= 4 is 70.4 Å². The first-order chi connectivity index (χ1) is 23.2. The zero-order valence-electron chi connectivity index (χ0n) is 26.3. The summed E-state index contributed by atoms with van der Waals surface area (Å²) >= 11 is 1.86. The molecule has 224 valence electrons. The van der Waals surface area contributed by atoms with Crippen LogP contribution in [0.1, 0.15) is 11.1 Å². The Kier molecular flexibility index (Phi) is 6.48. The van der Waals surface area contributed by atoms with Gasteiger partial charge in [0, 0.05) is 48.0 Å². The number of nitrogens with zero attached hydrogens (tertiary/aromatic N) is 2. The molecule has 0 spiro atoms. The van der Waals surface area contributed by atoms with Crippen LogP contribution in [0.5, 0.6) is 0 Å². The Morgan fingerprint density at radius 2 is 1.13 bits per heavy atom. The summed E-state index contributed by atoms with van der Waals surface area (Å²) < 4.78 is 5.08. The number of thiophene rings is 1.